The number of fused-ring (bicyclic) bond motifs is 2. The normalized spacial score (nSPS) is 10.9. The van der Waals surface area contributed by atoms with Crippen LogP contribution in [0.3, 0.4) is 0 Å². The third kappa shape index (κ3) is 10.5. The van der Waals surface area contributed by atoms with Crippen LogP contribution in [0.25, 0.3) is 21.8 Å². The lowest BCUT2D eigenvalue weighted by Crippen LogP contribution is -2.26. The van der Waals surface area contributed by atoms with Crippen LogP contribution in [0.5, 0.6) is 5.75 Å². The zero-order chi connectivity index (χ0) is 26.3. The van der Waals surface area contributed by atoms with E-state index in [1.807, 2.05) is 36.4 Å². The zero-order valence-electron chi connectivity index (χ0n) is 22.8. The third-order valence-electron chi connectivity index (χ3n) is 6.57. The van der Waals surface area contributed by atoms with Crippen LogP contribution in [-0.4, -0.2) is 44.3 Å². The number of pyridine rings is 1. The molecule has 3 rings (SSSR count). The molecule has 0 unspecified atom stereocenters. The number of unbranched alkanes of at least 4 members (excludes halogenated alkanes) is 8. The van der Waals surface area contributed by atoms with E-state index in [-0.39, 0.29) is 18.4 Å². The number of anilines is 1. The lowest BCUT2D eigenvalue weighted by Gasteiger charge is -2.15. The first-order chi connectivity index (χ1) is 18.1. The van der Waals surface area contributed by atoms with Gasteiger partial charge in [0.05, 0.1) is 23.8 Å². The van der Waals surface area contributed by atoms with Crippen LogP contribution in [0.1, 0.15) is 71.1 Å². The number of nitrogens with zero attached hydrogens (tertiary/aromatic N) is 1. The van der Waals surface area contributed by atoms with Crippen molar-refractivity contribution in [3.05, 3.63) is 41.4 Å². The number of halogens is 2. The fourth-order valence-electron chi connectivity index (χ4n) is 4.50. The molecule has 0 atom stereocenters. The van der Waals surface area contributed by atoms with Gasteiger partial charge in [0.2, 0.25) is 0 Å². The van der Waals surface area contributed by atoms with E-state index in [0.29, 0.717) is 31.1 Å². The summed E-state index contributed by atoms with van der Waals surface area (Å²) in [5, 5.41) is 9.56. The Hall–Kier alpha value is -2.28. The number of rotatable bonds is 18. The maximum absolute atomic E-state index is 12.0. The molecule has 1 heterocycles. The van der Waals surface area contributed by atoms with Gasteiger partial charge in [-0.3, -0.25) is 4.79 Å². The highest BCUT2D eigenvalue weighted by atomic mass is 35.5. The quantitative estimate of drug-likeness (QED) is 0.0929. The average Bonchev–Trinajstić information content (AvgIpc) is 2.90. The summed E-state index contributed by atoms with van der Waals surface area (Å²) in [5.74, 6) is 0.693. The van der Waals surface area contributed by atoms with Gasteiger partial charge in [0.25, 0.3) is 0 Å². The summed E-state index contributed by atoms with van der Waals surface area (Å²) in [4.78, 5) is 16.7. The van der Waals surface area contributed by atoms with Gasteiger partial charge in [-0.25, -0.2) is 4.98 Å². The molecule has 6 nitrogen and oxygen atoms in total. The van der Waals surface area contributed by atoms with Crippen molar-refractivity contribution in [1.82, 2.24) is 10.3 Å². The third-order valence-corrected chi connectivity index (χ3v) is 6.81. The predicted molar refractivity (Wildman–Crippen MR) is 162 cm³/mol. The number of methoxy groups -OCH3 is 1. The Bertz CT molecular complexity index is 1130. The molecule has 0 bridgehead atoms. The highest BCUT2D eigenvalue weighted by Crippen LogP contribution is 2.34. The largest absolute Gasteiger partial charge is 0.497 e. The zero-order valence-corrected chi connectivity index (χ0v) is 24.4. The summed E-state index contributed by atoms with van der Waals surface area (Å²) in [6.45, 7) is 4.72. The molecule has 0 aliphatic rings. The molecule has 1 aromatic heterocycles. The van der Waals surface area contributed by atoms with Crippen molar-refractivity contribution in [3.63, 3.8) is 0 Å². The fraction of sp³-hybridized carbons (Fsp3) is 0.533. The van der Waals surface area contributed by atoms with E-state index in [1.54, 1.807) is 7.11 Å². The minimum absolute atomic E-state index is 0. The SMILES string of the molecule is CCCCCCCCCCCC(=O)OCCNCCNc1c2ccc(Cl)cc2nc2ccc(OC)cc12.Cl. The van der Waals surface area contributed by atoms with Crippen molar-refractivity contribution < 1.29 is 14.3 Å². The van der Waals surface area contributed by atoms with E-state index in [2.05, 4.69) is 17.6 Å². The highest BCUT2D eigenvalue weighted by molar-refractivity contribution is 6.31. The Morgan fingerprint density at radius 1 is 0.868 bits per heavy atom. The molecule has 0 radical (unpaired) electrons. The van der Waals surface area contributed by atoms with Crippen LogP contribution in [0, 0.1) is 0 Å². The van der Waals surface area contributed by atoms with E-state index in [9.17, 15) is 4.79 Å². The van der Waals surface area contributed by atoms with Crippen molar-refractivity contribution >= 4 is 57.5 Å². The first kappa shape index (κ1) is 31.9. The van der Waals surface area contributed by atoms with Gasteiger partial charge in [-0.05, 0) is 42.8 Å². The topological polar surface area (TPSA) is 72.5 Å². The first-order valence-corrected chi connectivity index (χ1v) is 14.2. The Morgan fingerprint density at radius 2 is 1.61 bits per heavy atom. The van der Waals surface area contributed by atoms with E-state index >= 15 is 0 Å². The average molecular weight is 565 g/mol. The van der Waals surface area contributed by atoms with Gasteiger partial charge in [0, 0.05) is 41.9 Å². The van der Waals surface area contributed by atoms with E-state index in [0.717, 1.165) is 52.6 Å². The molecule has 38 heavy (non-hydrogen) atoms. The van der Waals surface area contributed by atoms with Gasteiger partial charge in [-0.15, -0.1) is 12.4 Å². The summed E-state index contributed by atoms with van der Waals surface area (Å²) >= 11 is 6.21. The number of nitrogens with one attached hydrogen (secondary N) is 2. The van der Waals surface area contributed by atoms with Crippen molar-refractivity contribution in [1.29, 1.82) is 0 Å². The molecular formula is C30H43Cl2N3O3. The van der Waals surface area contributed by atoms with Gasteiger partial charge >= 0.3 is 5.97 Å². The summed E-state index contributed by atoms with van der Waals surface area (Å²) in [6, 6.07) is 11.6. The number of carbonyl (C=O) groups is 1. The lowest BCUT2D eigenvalue weighted by atomic mass is 10.1. The molecule has 0 saturated heterocycles. The van der Waals surface area contributed by atoms with Crippen LogP contribution in [-0.2, 0) is 9.53 Å². The van der Waals surface area contributed by atoms with Crippen molar-refractivity contribution in [2.24, 2.45) is 0 Å². The molecule has 0 aliphatic heterocycles. The molecule has 3 aromatic rings. The monoisotopic (exact) mass is 563 g/mol. The molecule has 0 amide bonds. The molecule has 2 aromatic carbocycles. The van der Waals surface area contributed by atoms with Crippen LogP contribution >= 0.6 is 24.0 Å². The second kappa shape index (κ2) is 18.1. The molecule has 8 heteroatoms. The summed E-state index contributed by atoms with van der Waals surface area (Å²) in [6.07, 6.45) is 11.7. The van der Waals surface area contributed by atoms with Gasteiger partial charge in [-0.2, -0.15) is 0 Å². The maximum Gasteiger partial charge on any atom is 0.305 e. The number of aromatic nitrogens is 1. The van der Waals surface area contributed by atoms with Crippen molar-refractivity contribution in [3.8, 4) is 5.75 Å². The van der Waals surface area contributed by atoms with Crippen LogP contribution in [0.2, 0.25) is 5.02 Å². The van der Waals surface area contributed by atoms with Crippen molar-refractivity contribution in [2.75, 3.05) is 38.7 Å². The molecule has 0 spiro atoms. The summed E-state index contributed by atoms with van der Waals surface area (Å²) < 4.78 is 10.8. The minimum Gasteiger partial charge on any atom is -0.497 e. The van der Waals surface area contributed by atoms with Gasteiger partial charge in [-0.1, -0.05) is 69.9 Å². The second-order valence-corrected chi connectivity index (χ2v) is 9.94. The smallest absolute Gasteiger partial charge is 0.305 e. The number of hydrogen-bond donors (Lipinski definition) is 2. The molecule has 210 valence electrons. The minimum atomic E-state index is -0.0924. The second-order valence-electron chi connectivity index (χ2n) is 9.51. The lowest BCUT2D eigenvalue weighted by molar-refractivity contribution is -0.143. The number of esters is 1. The Labute approximate surface area is 238 Å². The van der Waals surface area contributed by atoms with Crippen LogP contribution in [0.4, 0.5) is 5.69 Å². The van der Waals surface area contributed by atoms with Crippen LogP contribution < -0.4 is 15.4 Å². The van der Waals surface area contributed by atoms with Gasteiger partial charge in [0.1, 0.15) is 12.4 Å². The number of benzene rings is 2. The highest BCUT2D eigenvalue weighted by Gasteiger charge is 2.11. The molecule has 0 saturated carbocycles. The molecular weight excluding hydrogens is 521 g/mol. The summed E-state index contributed by atoms with van der Waals surface area (Å²) in [7, 11) is 1.66. The number of ether oxygens (including phenoxy) is 2. The van der Waals surface area contributed by atoms with Crippen molar-refractivity contribution in [2.45, 2.75) is 71.1 Å². The van der Waals surface area contributed by atoms with Gasteiger partial charge in [0.15, 0.2) is 0 Å². The summed E-state index contributed by atoms with van der Waals surface area (Å²) in [5.41, 5.74) is 2.73. The predicted octanol–water partition coefficient (Wildman–Crippen LogP) is 7.94. The Morgan fingerprint density at radius 3 is 2.34 bits per heavy atom. The Kier molecular flexibility index (Phi) is 15.2. The molecule has 0 fully saturated rings. The van der Waals surface area contributed by atoms with Gasteiger partial charge < -0.3 is 20.1 Å². The number of carbonyl (C=O) groups excluding carboxylic acids is 1. The molecule has 2 N–H and O–H groups in total. The number of hydrogen-bond acceptors (Lipinski definition) is 6. The van der Waals surface area contributed by atoms with E-state index in [1.165, 1.54) is 44.9 Å². The van der Waals surface area contributed by atoms with E-state index in [4.69, 9.17) is 26.1 Å². The maximum atomic E-state index is 12.0. The first-order valence-electron chi connectivity index (χ1n) is 13.8. The Balaban J connectivity index is 0.00000507. The van der Waals surface area contributed by atoms with Crippen LogP contribution in [0.15, 0.2) is 36.4 Å². The van der Waals surface area contributed by atoms with E-state index < -0.39 is 0 Å². The fourth-order valence-corrected chi connectivity index (χ4v) is 4.67. The standard InChI is InChI=1S/C30H42ClN3O3.ClH/c1-3-4-5-6-7-8-9-10-11-12-29(35)37-20-19-32-17-18-33-30-25-15-13-23(31)21-28(25)34-27-16-14-24(36-2)22-26(27)30;/h13-16,21-22,32H,3-12,17-20H2,1-2H3,(H,33,34);1H. The molecule has 0 aliphatic carbocycles.